The molecule has 314 valence electrons. The summed E-state index contributed by atoms with van der Waals surface area (Å²) in [7, 11) is 0. The summed E-state index contributed by atoms with van der Waals surface area (Å²) in [6.07, 6.45) is 0. The third kappa shape index (κ3) is 5.28. The molecule has 0 radical (unpaired) electrons. The highest BCUT2D eigenvalue weighted by Crippen LogP contribution is 2.60. The van der Waals surface area contributed by atoms with E-state index in [-0.39, 0.29) is 11.5 Å². The van der Waals surface area contributed by atoms with Crippen LogP contribution in [-0.4, -0.2) is 60.4 Å². The van der Waals surface area contributed by atoms with Gasteiger partial charge in [0.25, 0.3) is 0 Å². The topological polar surface area (TPSA) is 219 Å². The smallest absolute Gasteiger partial charge is 0.206 e. The molecule has 8 aromatic carbocycles. The van der Waals surface area contributed by atoms with Crippen molar-refractivity contribution < 1.29 is 45.3 Å². The van der Waals surface area contributed by atoms with Crippen LogP contribution in [0.1, 0.15) is 0 Å². The predicted molar refractivity (Wildman–Crippen MR) is 249 cm³/mol. The number of fused-ring (bicyclic) bond motifs is 9. The zero-order valence-electron chi connectivity index (χ0n) is 33.4. The van der Waals surface area contributed by atoms with Gasteiger partial charge in [0.2, 0.25) is 23.0 Å². The lowest BCUT2D eigenvalue weighted by Gasteiger charge is -2.14. The van der Waals surface area contributed by atoms with Crippen LogP contribution in [0.15, 0.2) is 138 Å². The Morgan fingerprint density at radius 3 is 1.55 bits per heavy atom. The minimum atomic E-state index is -1.13. The maximum atomic E-state index is 11.6. The monoisotopic (exact) mass is 874 g/mol. The quantitative estimate of drug-likeness (QED) is 0.0598. The molecule has 12 rings (SSSR count). The van der Waals surface area contributed by atoms with Crippen molar-refractivity contribution in [2.24, 2.45) is 0 Å². The van der Waals surface area contributed by atoms with Crippen molar-refractivity contribution in [1.82, 2.24) is 19.5 Å². The van der Waals surface area contributed by atoms with Crippen LogP contribution in [0.4, 0.5) is 0 Å². The first-order valence-corrected chi connectivity index (χ1v) is 21.0. The van der Waals surface area contributed by atoms with Crippen LogP contribution in [0.2, 0.25) is 0 Å². The number of hydrogen-bond acceptors (Lipinski definition) is 13. The van der Waals surface area contributed by atoms with Crippen molar-refractivity contribution in [3.8, 4) is 97.0 Å². The molecule has 0 fully saturated rings. The van der Waals surface area contributed by atoms with Crippen LogP contribution in [0.5, 0.6) is 46.0 Å². The van der Waals surface area contributed by atoms with E-state index in [1.54, 1.807) is 29.5 Å². The first kappa shape index (κ1) is 37.7. The minimum absolute atomic E-state index is 0.139. The van der Waals surface area contributed by atoms with Gasteiger partial charge < -0.3 is 49.8 Å². The maximum absolute atomic E-state index is 11.6. The van der Waals surface area contributed by atoms with Crippen LogP contribution in [0, 0.1) is 0 Å². The highest BCUT2D eigenvalue weighted by atomic mass is 32.1. The van der Waals surface area contributed by atoms with Gasteiger partial charge in [-0.2, -0.15) is 0 Å². The number of benzene rings is 8. The van der Waals surface area contributed by atoms with Gasteiger partial charge in [0.15, 0.2) is 40.5 Å². The van der Waals surface area contributed by atoms with E-state index >= 15 is 0 Å². The Morgan fingerprint density at radius 1 is 0.400 bits per heavy atom. The normalized spacial score (nSPS) is 11.9. The number of phenolic OH excluding ortho intramolecular Hbond substituents is 8. The van der Waals surface area contributed by atoms with Gasteiger partial charge in [-0.15, -0.1) is 11.3 Å². The number of furan rings is 1. The van der Waals surface area contributed by atoms with Crippen molar-refractivity contribution in [2.75, 3.05) is 0 Å². The molecule has 0 aliphatic carbocycles. The van der Waals surface area contributed by atoms with Crippen LogP contribution in [0.3, 0.4) is 0 Å². The molecule has 65 heavy (non-hydrogen) atoms. The lowest BCUT2D eigenvalue weighted by atomic mass is 9.96. The second-order valence-electron chi connectivity index (χ2n) is 15.5. The molecule has 4 aromatic heterocycles. The van der Waals surface area contributed by atoms with E-state index in [0.29, 0.717) is 44.7 Å². The summed E-state index contributed by atoms with van der Waals surface area (Å²) in [4.78, 5) is 15.0. The molecular weight excluding hydrogens is 845 g/mol. The number of nitrogens with zero attached hydrogens (tertiary/aromatic N) is 4. The first-order chi connectivity index (χ1) is 31.6. The number of rotatable bonds is 5. The number of hydrogen-bond donors (Lipinski definition) is 8. The van der Waals surface area contributed by atoms with Gasteiger partial charge in [0, 0.05) is 53.4 Å². The molecule has 0 aliphatic heterocycles. The van der Waals surface area contributed by atoms with E-state index in [1.165, 1.54) is 4.57 Å². The fraction of sp³-hybridized carbons (Fsp3) is 0. The first-order valence-electron chi connectivity index (χ1n) is 20.2. The molecular formula is C51H30N4O9S. The van der Waals surface area contributed by atoms with Gasteiger partial charge in [-0.25, -0.2) is 15.0 Å². The van der Waals surface area contributed by atoms with Gasteiger partial charge in [-0.3, -0.25) is 0 Å². The van der Waals surface area contributed by atoms with Crippen molar-refractivity contribution in [3.05, 3.63) is 133 Å². The summed E-state index contributed by atoms with van der Waals surface area (Å²) in [5.74, 6) is -7.32. The zero-order valence-corrected chi connectivity index (χ0v) is 34.2. The second kappa shape index (κ2) is 13.7. The average Bonchev–Trinajstić information content (AvgIpc) is 4.05. The molecule has 0 bridgehead atoms. The van der Waals surface area contributed by atoms with Crippen molar-refractivity contribution in [2.45, 2.75) is 0 Å². The summed E-state index contributed by atoms with van der Waals surface area (Å²) in [6, 6.07) is 42.0. The molecule has 0 unspecified atom stereocenters. The molecule has 0 saturated heterocycles. The molecule has 0 aliphatic rings. The van der Waals surface area contributed by atoms with Gasteiger partial charge in [0.05, 0.1) is 21.8 Å². The second-order valence-corrected chi connectivity index (χ2v) is 16.6. The Hall–Kier alpha value is -9.01. The minimum Gasteiger partial charge on any atom is -0.504 e. The summed E-state index contributed by atoms with van der Waals surface area (Å²) in [6.45, 7) is 0. The molecule has 0 atom stereocenters. The average molecular weight is 875 g/mol. The Labute approximate surface area is 369 Å². The largest absolute Gasteiger partial charge is 0.504 e. The Kier molecular flexibility index (Phi) is 7.98. The Morgan fingerprint density at radius 2 is 0.923 bits per heavy atom. The highest BCUT2D eigenvalue weighted by Gasteiger charge is 2.34. The van der Waals surface area contributed by atoms with Crippen LogP contribution < -0.4 is 0 Å². The summed E-state index contributed by atoms with van der Waals surface area (Å²) in [5.41, 5.74) is 3.55. The van der Waals surface area contributed by atoms with Crippen LogP contribution in [0.25, 0.3) is 115 Å². The third-order valence-corrected chi connectivity index (χ3v) is 13.2. The van der Waals surface area contributed by atoms with E-state index in [4.69, 9.17) is 19.4 Å². The van der Waals surface area contributed by atoms with E-state index in [2.05, 4.69) is 18.2 Å². The lowest BCUT2D eigenvalue weighted by molar-refractivity contribution is 0.350. The summed E-state index contributed by atoms with van der Waals surface area (Å²) >= 11 is 1.64. The number of aromatic hydroxyl groups is 8. The Bertz CT molecular complexity index is 3860. The van der Waals surface area contributed by atoms with Crippen molar-refractivity contribution in [3.63, 3.8) is 0 Å². The zero-order chi connectivity index (χ0) is 44.4. The van der Waals surface area contributed by atoms with Crippen LogP contribution >= 0.6 is 11.3 Å². The summed E-state index contributed by atoms with van der Waals surface area (Å²) < 4.78 is 10.2. The molecule has 0 saturated carbocycles. The molecule has 0 spiro atoms. The standard InChI is InChI=1S/C51H30N4O9S/c56-39-35-36-38(42(59)46(63)44(61)40(36)57)55(37(35)41(58)45(62)43(39)60)30-18-10-19-31-34(30)33-29(51-53-49(23-11-3-1-4-12-23)52-50(54-51)24-13-5-2-6-14-24)22-21-26(47(33)64-31)28-17-9-16-27-25-15-7-8-20-32(25)65-48(27)28/h1-22,56-63H. The molecule has 14 heteroatoms. The number of phenols is 8. The fourth-order valence-electron chi connectivity index (χ4n) is 9.01. The van der Waals surface area contributed by atoms with E-state index < -0.39 is 67.8 Å². The lowest BCUT2D eigenvalue weighted by Crippen LogP contribution is -2.01. The molecule has 12 aromatic rings. The van der Waals surface area contributed by atoms with E-state index in [1.807, 2.05) is 97.1 Å². The van der Waals surface area contributed by atoms with E-state index in [9.17, 15) is 40.9 Å². The van der Waals surface area contributed by atoms with Gasteiger partial charge in [-0.05, 0) is 30.3 Å². The SMILES string of the molecule is Oc1c(O)c(O)c2c(c1O)c1c(O)c(O)c(O)c(O)c1n2-c1cccc2oc3c(-c4cccc5c4sc4ccccc45)ccc(-c4nc(-c5ccccc5)nc(-c5ccccc5)n4)c3c12. The van der Waals surface area contributed by atoms with Gasteiger partial charge in [-0.1, -0.05) is 103 Å². The molecule has 0 amide bonds. The highest BCUT2D eigenvalue weighted by molar-refractivity contribution is 7.26. The van der Waals surface area contributed by atoms with Crippen molar-refractivity contribution >= 4 is 75.3 Å². The Balaban J connectivity index is 1.27. The fourth-order valence-corrected chi connectivity index (χ4v) is 10.2. The molecule has 13 nitrogen and oxygen atoms in total. The number of thiophene rings is 1. The number of aromatic nitrogens is 4. The molecule has 4 heterocycles. The van der Waals surface area contributed by atoms with Crippen molar-refractivity contribution in [1.29, 1.82) is 0 Å². The molecule has 8 N–H and O–H groups in total. The summed E-state index contributed by atoms with van der Waals surface area (Å²) in [5, 5.41) is 91.5. The van der Waals surface area contributed by atoms with Gasteiger partial charge in [0.1, 0.15) is 22.2 Å². The van der Waals surface area contributed by atoms with E-state index in [0.717, 1.165) is 36.9 Å². The van der Waals surface area contributed by atoms with Gasteiger partial charge >= 0.3 is 0 Å². The maximum Gasteiger partial charge on any atom is 0.206 e. The third-order valence-electron chi connectivity index (χ3n) is 11.9. The van der Waals surface area contributed by atoms with Crippen LogP contribution in [-0.2, 0) is 0 Å². The predicted octanol–water partition coefficient (Wildman–Crippen LogP) is 11.5.